The van der Waals surface area contributed by atoms with E-state index in [4.69, 9.17) is 10.5 Å². The van der Waals surface area contributed by atoms with E-state index in [-0.39, 0.29) is 5.60 Å². The zero-order valence-corrected chi connectivity index (χ0v) is 13.3. The van der Waals surface area contributed by atoms with E-state index in [1.807, 2.05) is 44.9 Å². The number of pyridine rings is 1. The quantitative estimate of drug-likeness (QED) is 0.928. The van der Waals surface area contributed by atoms with Crippen LogP contribution in [0, 0.1) is 6.92 Å². The molecule has 2 rings (SSSR count). The predicted molar refractivity (Wildman–Crippen MR) is 88.3 cm³/mol. The highest BCUT2D eigenvalue weighted by molar-refractivity contribution is 5.63. The summed E-state index contributed by atoms with van der Waals surface area (Å²) in [6.07, 6.45) is 0. The van der Waals surface area contributed by atoms with E-state index in [9.17, 15) is 0 Å². The minimum absolute atomic E-state index is 0.331. The molecule has 0 saturated carbocycles. The van der Waals surface area contributed by atoms with Crippen molar-refractivity contribution >= 4 is 17.2 Å². The van der Waals surface area contributed by atoms with Crippen molar-refractivity contribution in [2.45, 2.75) is 33.3 Å². The Hall–Kier alpha value is -2.23. The summed E-state index contributed by atoms with van der Waals surface area (Å²) in [5.41, 5.74) is 8.47. The van der Waals surface area contributed by atoms with Gasteiger partial charge in [0.05, 0.1) is 5.69 Å². The summed E-state index contributed by atoms with van der Waals surface area (Å²) in [6, 6.07) is 12.0. The molecule has 0 aliphatic carbocycles. The van der Waals surface area contributed by atoms with Crippen LogP contribution in [0.5, 0.6) is 5.88 Å². The minimum Gasteiger partial charge on any atom is -0.470 e. The molecule has 21 heavy (non-hydrogen) atoms. The SMILES string of the molecule is Cc1ccc(N(C)c2ccc(N)c(OC(C)(C)C)n2)cc1. The average Bonchev–Trinajstić information content (AvgIpc) is 2.40. The van der Waals surface area contributed by atoms with E-state index in [2.05, 4.69) is 36.2 Å². The predicted octanol–water partition coefficient (Wildman–Crippen LogP) is 3.92. The third-order valence-electron chi connectivity index (χ3n) is 3.04. The number of benzene rings is 1. The summed E-state index contributed by atoms with van der Waals surface area (Å²) >= 11 is 0. The van der Waals surface area contributed by atoms with Gasteiger partial charge in [0.2, 0.25) is 5.88 Å². The molecule has 0 radical (unpaired) electrons. The maximum Gasteiger partial charge on any atom is 0.239 e. The van der Waals surface area contributed by atoms with Crippen LogP contribution in [0.1, 0.15) is 26.3 Å². The van der Waals surface area contributed by atoms with Gasteiger partial charge in [0.15, 0.2) is 0 Å². The van der Waals surface area contributed by atoms with E-state index >= 15 is 0 Å². The first-order valence-corrected chi connectivity index (χ1v) is 7.02. The Morgan fingerprint density at radius 3 is 2.24 bits per heavy atom. The summed E-state index contributed by atoms with van der Waals surface area (Å²) in [5, 5.41) is 0. The van der Waals surface area contributed by atoms with Crippen LogP contribution in [0.15, 0.2) is 36.4 Å². The first-order valence-electron chi connectivity index (χ1n) is 7.02. The summed E-state index contributed by atoms with van der Waals surface area (Å²) in [4.78, 5) is 6.54. The summed E-state index contributed by atoms with van der Waals surface area (Å²) in [6.45, 7) is 8.00. The summed E-state index contributed by atoms with van der Waals surface area (Å²) in [7, 11) is 1.98. The maximum atomic E-state index is 5.95. The van der Waals surface area contributed by atoms with Crippen LogP contribution < -0.4 is 15.4 Å². The highest BCUT2D eigenvalue weighted by Crippen LogP contribution is 2.29. The molecule has 2 N–H and O–H groups in total. The van der Waals surface area contributed by atoms with Gasteiger partial charge >= 0.3 is 0 Å². The van der Waals surface area contributed by atoms with Crippen LogP contribution in [0.3, 0.4) is 0 Å². The molecule has 1 heterocycles. The molecule has 112 valence electrons. The van der Waals surface area contributed by atoms with Gasteiger partial charge in [0, 0.05) is 12.7 Å². The van der Waals surface area contributed by atoms with Crippen molar-refractivity contribution in [3.05, 3.63) is 42.0 Å². The molecule has 0 atom stereocenters. The molecule has 2 aromatic rings. The van der Waals surface area contributed by atoms with Crippen molar-refractivity contribution in [1.82, 2.24) is 4.98 Å². The Morgan fingerprint density at radius 2 is 1.67 bits per heavy atom. The highest BCUT2D eigenvalue weighted by atomic mass is 16.5. The number of rotatable bonds is 3. The lowest BCUT2D eigenvalue weighted by atomic mass is 10.2. The Balaban J connectivity index is 2.31. The first kappa shape index (κ1) is 15.2. The molecule has 1 aromatic heterocycles. The van der Waals surface area contributed by atoms with Crippen LogP contribution >= 0.6 is 0 Å². The molecule has 0 aliphatic rings. The third kappa shape index (κ3) is 3.88. The smallest absolute Gasteiger partial charge is 0.239 e. The minimum atomic E-state index is -0.331. The molecular formula is C17H23N3O. The normalized spacial score (nSPS) is 11.3. The Bertz CT molecular complexity index is 615. The van der Waals surface area contributed by atoms with Gasteiger partial charge in [-0.25, -0.2) is 0 Å². The lowest BCUT2D eigenvalue weighted by molar-refractivity contribution is 0.125. The van der Waals surface area contributed by atoms with Gasteiger partial charge in [-0.05, 0) is 52.0 Å². The van der Waals surface area contributed by atoms with Gasteiger partial charge in [0.1, 0.15) is 11.4 Å². The number of ether oxygens (including phenoxy) is 1. The molecule has 4 heteroatoms. The van der Waals surface area contributed by atoms with E-state index < -0.39 is 0 Å². The monoisotopic (exact) mass is 285 g/mol. The molecule has 0 saturated heterocycles. The Morgan fingerprint density at radius 1 is 1.05 bits per heavy atom. The number of anilines is 3. The van der Waals surface area contributed by atoms with Gasteiger partial charge in [0.25, 0.3) is 0 Å². The molecule has 0 amide bonds. The van der Waals surface area contributed by atoms with Crippen molar-refractivity contribution in [2.24, 2.45) is 0 Å². The van der Waals surface area contributed by atoms with Crippen LogP contribution in [-0.2, 0) is 0 Å². The van der Waals surface area contributed by atoms with E-state index in [0.717, 1.165) is 11.5 Å². The largest absolute Gasteiger partial charge is 0.470 e. The van der Waals surface area contributed by atoms with Gasteiger partial charge < -0.3 is 15.4 Å². The summed E-state index contributed by atoms with van der Waals surface area (Å²) < 4.78 is 5.82. The summed E-state index contributed by atoms with van der Waals surface area (Å²) in [5.74, 6) is 1.27. The Labute approximate surface area is 126 Å². The average molecular weight is 285 g/mol. The number of nitrogens with zero attached hydrogens (tertiary/aromatic N) is 2. The molecule has 4 nitrogen and oxygen atoms in total. The van der Waals surface area contributed by atoms with Crippen molar-refractivity contribution in [3.8, 4) is 5.88 Å². The second-order valence-corrected chi connectivity index (χ2v) is 6.17. The standard InChI is InChI=1S/C17H23N3O/c1-12-6-8-13(9-7-12)20(5)15-11-10-14(18)16(19-15)21-17(2,3)4/h6-11H,18H2,1-5H3. The fourth-order valence-corrected chi connectivity index (χ4v) is 1.90. The number of nitrogens with two attached hydrogens (primary N) is 1. The molecule has 1 aromatic carbocycles. The zero-order chi connectivity index (χ0) is 15.6. The molecule has 0 unspecified atom stereocenters. The van der Waals surface area contributed by atoms with E-state index in [1.54, 1.807) is 0 Å². The van der Waals surface area contributed by atoms with Gasteiger partial charge in [-0.3, -0.25) is 0 Å². The van der Waals surface area contributed by atoms with E-state index in [0.29, 0.717) is 11.6 Å². The molecular weight excluding hydrogens is 262 g/mol. The topological polar surface area (TPSA) is 51.4 Å². The number of hydrogen-bond donors (Lipinski definition) is 1. The number of hydrogen-bond acceptors (Lipinski definition) is 4. The van der Waals surface area contributed by atoms with Crippen LogP contribution in [-0.4, -0.2) is 17.6 Å². The lowest BCUT2D eigenvalue weighted by Gasteiger charge is -2.24. The lowest BCUT2D eigenvalue weighted by Crippen LogP contribution is -2.24. The second-order valence-electron chi connectivity index (χ2n) is 6.17. The number of aryl methyl sites for hydroxylation is 1. The molecule has 0 aliphatic heterocycles. The second kappa shape index (κ2) is 5.64. The zero-order valence-electron chi connectivity index (χ0n) is 13.3. The fraction of sp³-hybridized carbons (Fsp3) is 0.353. The molecule has 0 spiro atoms. The van der Waals surface area contributed by atoms with Gasteiger partial charge in [-0.2, -0.15) is 4.98 Å². The van der Waals surface area contributed by atoms with Crippen LogP contribution in [0.25, 0.3) is 0 Å². The van der Waals surface area contributed by atoms with Crippen LogP contribution in [0.2, 0.25) is 0 Å². The van der Waals surface area contributed by atoms with Gasteiger partial charge in [-0.15, -0.1) is 0 Å². The van der Waals surface area contributed by atoms with Crippen molar-refractivity contribution < 1.29 is 4.74 Å². The van der Waals surface area contributed by atoms with Crippen molar-refractivity contribution in [1.29, 1.82) is 0 Å². The first-order chi connectivity index (χ1) is 9.76. The number of nitrogen functional groups attached to an aromatic ring is 1. The van der Waals surface area contributed by atoms with Crippen LogP contribution in [0.4, 0.5) is 17.2 Å². The van der Waals surface area contributed by atoms with Crippen molar-refractivity contribution in [3.63, 3.8) is 0 Å². The van der Waals surface area contributed by atoms with E-state index in [1.165, 1.54) is 5.56 Å². The number of aromatic nitrogens is 1. The van der Waals surface area contributed by atoms with Crippen molar-refractivity contribution in [2.75, 3.05) is 17.7 Å². The maximum absolute atomic E-state index is 5.95. The Kier molecular flexibility index (Phi) is 4.07. The molecule has 0 fully saturated rings. The highest BCUT2D eigenvalue weighted by Gasteiger charge is 2.16. The van der Waals surface area contributed by atoms with Gasteiger partial charge in [-0.1, -0.05) is 17.7 Å². The third-order valence-corrected chi connectivity index (χ3v) is 3.04. The molecule has 0 bridgehead atoms. The fourth-order valence-electron chi connectivity index (χ4n) is 1.90.